The maximum absolute atomic E-state index is 13.4. The van der Waals surface area contributed by atoms with E-state index in [9.17, 15) is 4.79 Å². The van der Waals surface area contributed by atoms with Crippen molar-refractivity contribution in [1.82, 2.24) is 0 Å². The molecule has 5 heteroatoms. The minimum Gasteiger partial charge on any atom is -0.310 e. The summed E-state index contributed by atoms with van der Waals surface area (Å²) in [6, 6.07) is 51.1. The number of halogens is 2. The molecule has 0 aromatic heterocycles. The fraction of sp³-hybridized carbons (Fsp3) is 0. The first-order valence-electron chi connectivity index (χ1n) is 13.5. The van der Waals surface area contributed by atoms with Crippen molar-refractivity contribution < 1.29 is 4.79 Å². The zero-order valence-corrected chi connectivity index (χ0v) is 24.1. The second kappa shape index (κ2) is 12.4. The molecule has 6 aromatic rings. The average Bonchev–Trinajstić information content (AvgIpc) is 3.04. The maximum atomic E-state index is 13.4. The first-order valence-corrected chi connectivity index (χ1v) is 14.3. The number of benzene rings is 6. The highest BCUT2D eigenvalue weighted by molar-refractivity contribution is 6.34. The maximum Gasteiger partial charge on any atom is 0.193 e. The Hall–Kier alpha value is -4.83. The molecule has 0 fully saturated rings. The molecule has 3 nitrogen and oxygen atoms in total. The summed E-state index contributed by atoms with van der Waals surface area (Å²) in [6.45, 7) is 0. The number of anilines is 6. The first kappa shape index (κ1) is 27.3. The van der Waals surface area contributed by atoms with Gasteiger partial charge >= 0.3 is 0 Å². The lowest BCUT2D eigenvalue weighted by Crippen LogP contribution is -2.13. The van der Waals surface area contributed by atoms with Crippen LogP contribution in [0.1, 0.15) is 15.9 Å². The molecular formula is C37H26Cl2N2O. The Bertz CT molecular complexity index is 1790. The fourth-order valence-corrected chi connectivity index (χ4v) is 5.45. The molecule has 0 radical (unpaired) electrons. The van der Waals surface area contributed by atoms with Gasteiger partial charge in [-0.25, -0.2) is 0 Å². The zero-order chi connectivity index (χ0) is 28.9. The lowest BCUT2D eigenvalue weighted by atomic mass is 10.0. The molecule has 0 aliphatic heterocycles. The van der Waals surface area contributed by atoms with Gasteiger partial charge in [-0.1, -0.05) is 102 Å². The topological polar surface area (TPSA) is 23.6 Å². The summed E-state index contributed by atoms with van der Waals surface area (Å²) >= 11 is 13.3. The summed E-state index contributed by atoms with van der Waals surface area (Å²) in [5.41, 5.74) is 6.60. The highest BCUT2D eigenvalue weighted by Gasteiger charge is 2.20. The van der Waals surface area contributed by atoms with Gasteiger partial charge in [0, 0.05) is 44.6 Å². The SMILES string of the molecule is O=C(c1cccc(Cl)c1)c1cccc(N(c2ccccc2)c2ccc(N(c3ccccc3)c3ccccc3)cc2Cl)c1. The Morgan fingerprint density at radius 3 is 1.45 bits per heavy atom. The molecular weight excluding hydrogens is 559 g/mol. The van der Waals surface area contributed by atoms with E-state index < -0.39 is 0 Å². The van der Waals surface area contributed by atoms with Gasteiger partial charge in [0.1, 0.15) is 0 Å². The molecule has 0 amide bonds. The first-order chi connectivity index (χ1) is 20.6. The monoisotopic (exact) mass is 584 g/mol. The van der Waals surface area contributed by atoms with Crippen molar-refractivity contribution in [3.8, 4) is 0 Å². The van der Waals surface area contributed by atoms with Crippen molar-refractivity contribution in [1.29, 1.82) is 0 Å². The highest BCUT2D eigenvalue weighted by atomic mass is 35.5. The van der Waals surface area contributed by atoms with Gasteiger partial charge in [-0.2, -0.15) is 0 Å². The van der Waals surface area contributed by atoms with Gasteiger partial charge in [-0.15, -0.1) is 0 Å². The van der Waals surface area contributed by atoms with E-state index in [2.05, 4.69) is 40.1 Å². The van der Waals surface area contributed by atoms with Crippen LogP contribution in [0.5, 0.6) is 0 Å². The van der Waals surface area contributed by atoms with Gasteiger partial charge in [0.05, 0.1) is 10.7 Å². The van der Waals surface area contributed by atoms with Crippen LogP contribution in [0.25, 0.3) is 0 Å². The molecule has 0 atom stereocenters. The average molecular weight is 586 g/mol. The minimum atomic E-state index is -0.102. The smallest absolute Gasteiger partial charge is 0.193 e. The van der Waals surface area contributed by atoms with Gasteiger partial charge in [0.15, 0.2) is 5.78 Å². The van der Waals surface area contributed by atoms with Crippen LogP contribution in [-0.4, -0.2) is 5.78 Å². The number of hydrogen-bond donors (Lipinski definition) is 0. The standard InChI is InChI=1S/C37H26Cl2N2O/c38-29-14-10-12-27(24-29)37(42)28-13-11-21-33(25-28)41(32-19-8-3-9-20-32)36-23-22-34(26-35(36)39)40(30-15-4-1-5-16-30)31-17-6-2-7-18-31/h1-26H. The zero-order valence-electron chi connectivity index (χ0n) is 22.6. The molecule has 0 aliphatic rings. The van der Waals surface area contributed by atoms with E-state index in [1.165, 1.54) is 0 Å². The van der Waals surface area contributed by atoms with Crippen LogP contribution in [0.2, 0.25) is 10.0 Å². The molecule has 6 aromatic carbocycles. The van der Waals surface area contributed by atoms with E-state index in [0.29, 0.717) is 21.2 Å². The summed E-state index contributed by atoms with van der Waals surface area (Å²) in [4.78, 5) is 17.6. The lowest BCUT2D eigenvalue weighted by molar-refractivity contribution is 0.103. The second-order valence-corrected chi connectivity index (χ2v) is 10.5. The fourth-order valence-electron chi connectivity index (χ4n) is 5.00. The third kappa shape index (κ3) is 5.80. The largest absolute Gasteiger partial charge is 0.310 e. The van der Waals surface area contributed by atoms with Gasteiger partial charge in [0.25, 0.3) is 0 Å². The molecule has 0 saturated heterocycles. The van der Waals surface area contributed by atoms with Crippen LogP contribution >= 0.6 is 23.2 Å². The Kier molecular flexibility index (Phi) is 8.05. The Balaban J connectivity index is 1.44. The molecule has 0 saturated carbocycles. The van der Waals surface area contributed by atoms with Crippen molar-refractivity contribution in [3.05, 3.63) is 179 Å². The molecule has 0 bridgehead atoms. The lowest BCUT2D eigenvalue weighted by Gasteiger charge is -2.29. The van der Waals surface area contributed by atoms with E-state index in [0.717, 1.165) is 34.1 Å². The number of nitrogens with zero attached hydrogens (tertiary/aromatic N) is 2. The molecule has 204 valence electrons. The van der Waals surface area contributed by atoms with Gasteiger partial charge in [-0.05, 0) is 78.9 Å². The summed E-state index contributed by atoms with van der Waals surface area (Å²) in [7, 11) is 0. The third-order valence-electron chi connectivity index (χ3n) is 6.93. The van der Waals surface area contributed by atoms with Gasteiger partial charge < -0.3 is 9.80 Å². The molecule has 0 N–H and O–H groups in total. The number of carbonyl (C=O) groups excluding carboxylic acids is 1. The van der Waals surface area contributed by atoms with Crippen molar-refractivity contribution in [2.75, 3.05) is 9.80 Å². The van der Waals surface area contributed by atoms with Crippen molar-refractivity contribution >= 4 is 63.1 Å². The quantitative estimate of drug-likeness (QED) is 0.166. The predicted molar refractivity (Wildman–Crippen MR) is 176 cm³/mol. The molecule has 0 aliphatic carbocycles. The summed E-state index contributed by atoms with van der Waals surface area (Å²) in [5, 5.41) is 1.09. The summed E-state index contributed by atoms with van der Waals surface area (Å²) < 4.78 is 0. The van der Waals surface area contributed by atoms with Crippen LogP contribution in [0.3, 0.4) is 0 Å². The van der Waals surface area contributed by atoms with Gasteiger partial charge in [0.2, 0.25) is 0 Å². The van der Waals surface area contributed by atoms with E-state index >= 15 is 0 Å². The van der Waals surface area contributed by atoms with Crippen molar-refractivity contribution in [2.24, 2.45) is 0 Å². The summed E-state index contributed by atoms with van der Waals surface area (Å²) in [5.74, 6) is -0.102. The Morgan fingerprint density at radius 1 is 0.429 bits per heavy atom. The molecule has 0 heterocycles. The highest BCUT2D eigenvalue weighted by Crippen LogP contribution is 2.43. The molecule has 42 heavy (non-hydrogen) atoms. The number of hydrogen-bond acceptors (Lipinski definition) is 3. The van der Waals surface area contributed by atoms with E-state index in [4.69, 9.17) is 23.2 Å². The number of carbonyl (C=O) groups is 1. The van der Waals surface area contributed by atoms with Crippen LogP contribution in [0.15, 0.2) is 158 Å². The number of ketones is 1. The predicted octanol–water partition coefficient (Wildman–Crippen LogP) is 11.2. The normalized spacial score (nSPS) is 10.7. The molecule has 0 unspecified atom stereocenters. The molecule has 0 spiro atoms. The number of rotatable bonds is 8. The van der Waals surface area contributed by atoms with E-state index in [-0.39, 0.29) is 5.78 Å². The van der Waals surface area contributed by atoms with Crippen LogP contribution in [0.4, 0.5) is 34.1 Å². The van der Waals surface area contributed by atoms with E-state index in [1.54, 1.807) is 24.3 Å². The Labute approximate surface area is 255 Å². The van der Waals surface area contributed by atoms with Crippen LogP contribution in [0, 0.1) is 0 Å². The molecule has 6 rings (SSSR count). The third-order valence-corrected chi connectivity index (χ3v) is 7.46. The Morgan fingerprint density at radius 2 is 0.905 bits per heavy atom. The second-order valence-electron chi connectivity index (χ2n) is 9.70. The van der Waals surface area contributed by atoms with Gasteiger partial charge in [-0.3, -0.25) is 4.79 Å². The van der Waals surface area contributed by atoms with Crippen molar-refractivity contribution in [3.63, 3.8) is 0 Å². The summed E-state index contributed by atoms with van der Waals surface area (Å²) in [6.07, 6.45) is 0. The van der Waals surface area contributed by atoms with Crippen LogP contribution in [-0.2, 0) is 0 Å². The number of para-hydroxylation sites is 3. The minimum absolute atomic E-state index is 0.102. The van der Waals surface area contributed by atoms with E-state index in [1.807, 2.05) is 103 Å². The van der Waals surface area contributed by atoms with Crippen LogP contribution < -0.4 is 9.80 Å². The van der Waals surface area contributed by atoms with Crippen molar-refractivity contribution in [2.45, 2.75) is 0 Å².